The second-order valence-corrected chi connectivity index (χ2v) is 8.43. The van der Waals surface area contributed by atoms with Gasteiger partial charge in [0.2, 0.25) is 0 Å². The molecule has 2 nitrogen and oxygen atoms in total. The van der Waals surface area contributed by atoms with Crippen molar-refractivity contribution in [2.75, 3.05) is 11.9 Å². The zero-order valence-corrected chi connectivity index (χ0v) is 17.6. The maximum absolute atomic E-state index is 9.61. The Bertz CT molecular complexity index is 963. The highest BCUT2D eigenvalue weighted by Crippen LogP contribution is 2.41. The number of anilines is 1. The zero-order chi connectivity index (χ0) is 19.1. The minimum absolute atomic E-state index is 0.0625. The molecule has 0 aliphatic carbocycles. The molecule has 0 N–H and O–H groups in total. The number of rotatable bonds is 2. The molecule has 0 saturated carbocycles. The topological polar surface area (TPSA) is 27.0 Å². The summed E-state index contributed by atoms with van der Waals surface area (Å²) in [4.78, 5) is 2.23. The average molecular weight is 428 g/mol. The van der Waals surface area contributed by atoms with E-state index in [0.717, 1.165) is 26.9 Å². The first-order valence-corrected chi connectivity index (χ1v) is 9.55. The lowest BCUT2D eigenvalue weighted by molar-refractivity contribution is 0.598. The van der Waals surface area contributed by atoms with Crippen LogP contribution in [0.4, 0.5) is 5.69 Å². The van der Waals surface area contributed by atoms with Gasteiger partial charge in [0.05, 0.1) is 17.2 Å². The zero-order valence-electron chi connectivity index (χ0n) is 15.3. The molecule has 0 spiro atoms. The molecule has 0 bridgehead atoms. The van der Waals surface area contributed by atoms with Gasteiger partial charge in [0.1, 0.15) is 0 Å². The average Bonchev–Trinajstić information content (AvgIpc) is 2.59. The predicted octanol–water partition coefficient (Wildman–Crippen LogP) is 6.80. The Hall–Kier alpha value is -2.02. The summed E-state index contributed by atoms with van der Waals surface area (Å²) in [5, 5.41) is 10.3. The van der Waals surface area contributed by atoms with Crippen LogP contribution in [0, 0.1) is 11.3 Å². The van der Waals surface area contributed by atoms with Gasteiger partial charge in [-0.3, -0.25) is 0 Å². The Morgan fingerprint density at radius 2 is 1.88 bits per heavy atom. The van der Waals surface area contributed by atoms with E-state index in [2.05, 4.69) is 66.9 Å². The van der Waals surface area contributed by atoms with Crippen molar-refractivity contribution in [1.29, 1.82) is 5.26 Å². The van der Waals surface area contributed by atoms with Gasteiger partial charge in [-0.05, 0) is 67.8 Å². The maximum atomic E-state index is 9.61. The number of benzene rings is 2. The van der Waals surface area contributed by atoms with Crippen molar-refractivity contribution in [2.24, 2.45) is 0 Å². The first kappa shape index (κ1) is 18.8. The lowest BCUT2D eigenvalue weighted by Crippen LogP contribution is -2.42. The summed E-state index contributed by atoms with van der Waals surface area (Å²) in [5.74, 6) is 0. The number of nitriles is 1. The van der Waals surface area contributed by atoms with Crippen molar-refractivity contribution in [3.8, 4) is 6.07 Å². The number of likely N-dealkylation sites (N-methyl/N-ethyl adjacent to an activating group) is 1. The van der Waals surface area contributed by atoms with Crippen molar-refractivity contribution in [1.82, 2.24) is 0 Å². The molecule has 0 aromatic heterocycles. The van der Waals surface area contributed by atoms with Crippen LogP contribution in [0.3, 0.4) is 0 Å². The minimum atomic E-state index is -0.0625. The molecule has 1 heterocycles. The minimum Gasteiger partial charge on any atom is -0.365 e. The summed E-state index contributed by atoms with van der Waals surface area (Å²) in [6, 6.07) is 14.1. The highest BCUT2D eigenvalue weighted by atomic mass is 79.9. The maximum Gasteiger partial charge on any atom is 0.0998 e. The third-order valence-electron chi connectivity index (χ3n) is 4.91. The molecule has 0 radical (unpaired) electrons. The van der Waals surface area contributed by atoms with Gasteiger partial charge in [0.25, 0.3) is 0 Å². The molecule has 2 aromatic rings. The Labute approximate surface area is 168 Å². The molecule has 0 saturated heterocycles. The fourth-order valence-corrected chi connectivity index (χ4v) is 3.74. The van der Waals surface area contributed by atoms with E-state index < -0.39 is 0 Å². The molecule has 2 aromatic carbocycles. The molecular formula is C22H20BrClN2. The van der Waals surface area contributed by atoms with E-state index in [1.165, 1.54) is 5.57 Å². The number of fused-ring (bicyclic) bond motifs is 1. The molecule has 0 fully saturated rings. The summed E-state index contributed by atoms with van der Waals surface area (Å²) < 4.78 is 0.983. The van der Waals surface area contributed by atoms with Crippen molar-refractivity contribution < 1.29 is 0 Å². The summed E-state index contributed by atoms with van der Waals surface area (Å²) in [6.45, 7) is 6.49. The Balaban J connectivity index is 2.12. The second kappa shape index (κ2) is 6.95. The van der Waals surface area contributed by atoms with Gasteiger partial charge >= 0.3 is 0 Å². The second-order valence-electron chi connectivity index (χ2n) is 7.11. The van der Waals surface area contributed by atoms with Crippen LogP contribution in [-0.2, 0) is 0 Å². The van der Waals surface area contributed by atoms with Crippen LogP contribution >= 0.6 is 27.5 Å². The quantitative estimate of drug-likeness (QED) is 0.389. The number of allylic oxidation sites excluding steroid dienone is 2. The lowest BCUT2D eigenvalue weighted by atomic mass is 9.88. The summed E-state index contributed by atoms with van der Waals surface area (Å²) in [7, 11) is 2.08. The first-order chi connectivity index (χ1) is 12.2. The van der Waals surface area contributed by atoms with E-state index in [9.17, 15) is 5.26 Å². The van der Waals surface area contributed by atoms with Crippen molar-refractivity contribution in [3.63, 3.8) is 0 Å². The third kappa shape index (κ3) is 3.45. The number of halogens is 2. The van der Waals surface area contributed by atoms with E-state index in [1.54, 1.807) is 0 Å². The van der Waals surface area contributed by atoms with E-state index >= 15 is 0 Å². The molecule has 26 heavy (non-hydrogen) atoms. The van der Waals surface area contributed by atoms with Crippen LogP contribution in [0.15, 0.2) is 46.9 Å². The summed E-state index contributed by atoms with van der Waals surface area (Å²) in [5.41, 5.74) is 5.73. The van der Waals surface area contributed by atoms with Crippen molar-refractivity contribution in [3.05, 3.63) is 68.7 Å². The molecule has 3 rings (SSSR count). The fraction of sp³-hybridized carbons (Fsp3) is 0.227. The van der Waals surface area contributed by atoms with Gasteiger partial charge in [-0.25, -0.2) is 0 Å². The number of nitrogens with zero attached hydrogens (tertiary/aromatic N) is 2. The molecule has 0 unspecified atom stereocenters. The SMILES string of the molecule is CC1=CC(C)(C)N(C)c2cc(Cl)c(/C=C(/C#N)c3ccc(Br)cc3)cc21. The van der Waals surface area contributed by atoms with Crippen LogP contribution in [0.1, 0.15) is 37.5 Å². The van der Waals surface area contributed by atoms with E-state index in [4.69, 9.17) is 11.6 Å². The van der Waals surface area contributed by atoms with Gasteiger partial charge in [-0.1, -0.05) is 45.7 Å². The molecule has 1 aliphatic heterocycles. The van der Waals surface area contributed by atoms with Crippen molar-refractivity contribution >= 4 is 50.4 Å². The normalized spacial score (nSPS) is 16.0. The van der Waals surface area contributed by atoms with Gasteiger partial charge in [-0.2, -0.15) is 5.26 Å². The third-order valence-corrected chi connectivity index (χ3v) is 5.77. The van der Waals surface area contributed by atoms with E-state index in [0.29, 0.717) is 10.6 Å². The number of hydrogen-bond acceptors (Lipinski definition) is 2. The van der Waals surface area contributed by atoms with Gasteiger partial charge in [0, 0.05) is 27.8 Å². The smallest absolute Gasteiger partial charge is 0.0998 e. The number of hydrogen-bond donors (Lipinski definition) is 0. The largest absolute Gasteiger partial charge is 0.365 e. The Morgan fingerprint density at radius 3 is 2.50 bits per heavy atom. The van der Waals surface area contributed by atoms with E-state index in [-0.39, 0.29) is 5.54 Å². The fourth-order valence-electron chi connectivity index (χ4n) is 3.26. The Kier molecular flexibility index (Phi) is 5.01. The highest BCUT2D eigenvalue weighted by molar-refractivity contribution is 9.10. The van der Waals surface area contributed by atoms with Gasteiger partial charge < -0.3 is 4.90 Å². The van der Waals surface area contributed by atoms with Crippen LogP contribution in [0.5, 0.6) is 0 Å². The predicted molar refractivity (Wildman–Crippen MR) is 115 cm³/mol. The molecule has 1 aliphatic rings. The summed E-state index contributed by atoms with van der Waals surface area (Å²) in [6.07, 6.45) is 4.12. The first-order valence-electron chi connectivity index (χ1n) is 8.38. The molecule has 132 valence electrons. The van der Waals surface area contributed by atoms with Crippen LogP contribution in [0.25, 0.3) is 17.2 Å². The van der Waals surface area contributed by atoms with Crippen LogP contribution < -0.4 is 4.90 Å². The molecule has 0 amide bonds. The highest BCUT2D eigenvalue weighted by Gasteiger charge is 2.29. The molecular weight excluding hydrogens is 408 g/mol. The van der Waals surface area contributed by atoms with Crippen molar-refractivity contribution in [2.45, 2.75) is 26.3 Å². The van der Waals surface area contributed by atoms with E-state index in [1.807, 2.05) is 36.4 Å². The Morgan fingerprint density at radius 1 is 1.23 bits per heavy atom. The van der Waals surface area contributed by atoms with Crippen LogP contribution in [0.2, 0.25) is 5.02 Å². The van der Waals surface area contributed by atoms with Crippen LogP contribution in [-0.4, -0.2) is 12.6 Å². The molecule has 0 atom stereocenters. The van der Waals surface area contributed by atoms with Gasteiger partial charge in [-0.15, -0.1) is 0 Å². The summed E-state index contributed by atoms with van der Waals surface area (Å²) >= 11 is 10.00. The lowest BCUT2D eigenvalue weighted by Gasteiger charge is -2.40. The molecule has 4 heteroatoms. The standard InChI is InChI=1S/C22H20BrClN2/c1-14-12-22(2,3)26(4)21-11-20(24)16(10-19(14)21)9-17(13-25)15-5-7-18(23)8-6-15/h5-12H,1-4H3/b17-9-. The monoisotopic (exact) mass is 426 g/mol. The van der Waals surface area contributed by atoms with Gasteiger partial charge in [0.15, 0.2) is 0 Å².